The molecule has 0 saturated carbocycles. The number of aromatic nitrogens is 1. The van der Waals surface area contributed by atoms with Crippen LogP contribution >= 0.6 is 34.7 Å². The molecule has 1 aliphatic heterocycles. The topological polar surface area (TPSA) is 22.1 Å². The Morgan fingerprint density at radius 2 is 2.69 bits per heavy atom. The molecule has 2 rings (SSSR count). The van der Waals surface area contributed by atoms with Crippen LogP contribution in [-0.2, 0) is 4.74 Å². The standard InChI is InChI=1S/C8H10ClNOS2/c9-7-5-13-8(10-7)12-4-6-2-1-3-11-6/h5-6H,1-4H2. The predicted molar refractivity (Wildman–Crippen MR) is 56.8 cm³/mol. The Labute approximate surface area is 90.7 Å². The summed E-state index contributed by atoms with van der Waals surface area (Å²) in [5, 5.41) is 2.46. The van der Waals surface area contributed by atoms with E-state index in [0.29, 0.717) is 11.3 Å². The second kappa shape index (κ2) is 4.64. The molecule has 0 radical (unpaired) electrons. The normalized spacial score (nSPS) is 22.4. The van der Waals surface area contributed by atoms with Crippen LogP contribution in [0.1, 0.15) is 12.8 Å². The second-order valence-electron chi connectivity index (χ2n) is 2.88. The van der Waals surface area contributed by atoms with E-state index in [0.717, 1.165) is 16.7 Å². The fraction of sp³-hybridized carbons (Fsp3) is 0.625. The molecule has 5 heteroatoms. The van der Waals surface area contributed by atoms with Crippen LogP contribution in [0.25, 0.3) is 0 Å². The molecule has 1 aromatic heterocycles. The maximum atomic E-state index is 5.71. The van der Waals surface area contributed by atoms with Gasteiger partial charge in [-0.15, -0.1) is 11.3 Å². The van der Waals surface area contributed by atoms with Crippen molar-refractivity contribution < 1.29 is 4.74 Å². The van der Waals surface area contributed by atoms with Gasteiger partial charge in [-0.1, -0.05) is 23.4 Å². The highest BCUT2D eigenvalue weighted by molar-refractivity contribution is 8.01. The fourth-order valence-electron chi connectivity index (χ4n) is 1.25. The largest absolute Gasteiger partial charge is 0.377 e. The maximum absolute atomic E-state index is 5.71. The minimum absolute atomic E-state index is 0.424. The van der Waals surface area contributed by atoms with Gasteiger partial charge in [0, 0.05) is 17.7 Å². The zero-order chi connectivity index (χ0) is 9.10. The minimum Gasteiger partial charge on any atom is -0.377 e. The van der Waals surface area contributed by atoms with Crippen LogP contribution in [0, 0.1) is 0 Å². The number of thiazole rings is 1. The van der Waals surface area contributed by atoms with Gasteiger partial charge in [0.15, 0.2) is 4.34 Å². The first-order chi connectivity index (χ1) is 6.34. The lowest BCUT2D eigenvalue weighted by atomic mass is 10.3. The first kappa shape index (κ1) is 9.77. The maximum Gasteiger partial charge on any atom is 0.151 e. The third-order valence-corrected chi connectivity index (χ3v) is 4.35. The summed E-state index contributed by atoms with van der Waals surface area (Å²) in [6, 6.07) is 0. The van der Waals surface area contributed by atoms with Crippen LogP contribution < -0.4 is 0 Å². The van der Waals surface area contributed by atoms with Gasteiger partial charge in [0.1, 0.15) is 5.15 Å². The van der Waals surface area contributed by atoms with Crippen molar-refractivity contribution in [2.75, 3.05) is 12.4 Å². The van der Waals surface area contributed by atoms with Gasteiger partial charge in [-0.3, -0.25) is 0 Å². The van der Waals surface area contributed by atoms with E-state index in [9.17, 15) is 0 Å². The fourth-order valence-corrected chi connectivity index (χ4v) is 3.34. The summed E-state index contributed by atoms with van der Waals surface area (Å²) in [7, 11) is 0. The summed E-state index contributed by atoms with van der Waals surface area (Å²) < 4.78 is 6.55. The van der Waals surface area contributed by atoms with E-state index in [2.05, 4.69) is 4.98 Å². The molecular weight excluding hydrogens is 226 g/mol. The molecule has 0 N–H and O–H groups in total. The number of hydrogen-bond acceptors (Lipinski definition) is 4. The number of rotatable bonds is 3. The van der Waals surface area contributed by atoms with Crippen molar-refractivity contribution >= 4 is 34.7 Å². The van der Waals surface area contributed by atoms with Crippen LogP contribution in [0.15, 0.2) is 9.72 Å². The molecule has 0 aliphatic carbocycles. The monoisotopic (exact) mass is 235 g/mol. The highest BCUT2D eigenvalue weighted by Crippen LogP contribution is 2.27. The zero-order valence-corrected chi connectivity index (χ0v) is 9.42. The van der Waals surface area contributed by atoms with E-state index in [1.807, 2.05) is 5.38 Å². The van der Waals surface area contributed by atoms with E-state index in [4.69, 9.17) is 16.3 Å². The first-order valence-electron chi connectivity index (χ1n) is 4.20. The Bertz CT molecular complexity index is 273. The van der Waals surface area contributed by atoms with Crippen molar-refractivity contribution in [2.24, 2.45) is 0 Å². The Hall–Kier alpha value is 0.230. The van der Waals surface area contributed by atoms with Gasteiger partial charge in [-0.2, -0.15) is 0 Å². The lowest BCUT2D eigenvalue weighted by Crippen LogP contribution is -2.07. The number of thioether (sulfide) groups is 1. The van der Waals surface area contributed by atoms with Gasteiger partial charge in [0.2, 0.25) is 0 Å². The van der Waals surface area contributed by atoms with Gasteiger partial charge in [0.05, 0.1) is 6.10 Å². The van der Waals surface area contributed by atoms with Gasteiger partial charge < -0.3 is 4.74 Å². The van der Waals surface area contributed by atoms with E-state index in [1.54, 1.807) is 23.1 Å². The smallest absolute Gasteiger partial charge is 0.151 e. The molecule has 1 saturated heterocycles. The van der Waals surface area contributed by atoms with Crippen molar-refractivity contribution in [2.45, 2.75) is 23.3 Å². The second-order valence-corrected chi connectivity index (χ2v) is 5.39. The average Bonchev–Trinajstić information content (AvgIpc) is 2.71. The van der Waals surface area contributed by atoms with Gasteiger partial charge in [-0.05, 0) is 12.8 Å². The molecule has 0 aromatic carbocycles. The highest BCUT2D eigenvalue weighted by Gasteiger charge is 2.16. The van der Waals surface area contributed by atoms with Gasteiger partial charge in [0.25, 0.3) is 0 Å². The number of nitrogens with zero attached hydrogens (tertiary/aromatic N) is 1. The van der Waals surface area contributed by atoms with Crippen LogP contribution in [-0.4, -0.2) is 23.4 Å². The molecule has 1 unspecified atom stereocenters. The van der Waals surface area contributed by atoms with Crippen molar-refractivity contribution in [1.29, 1.82) is 0 Å². The quantitative estimate of drug-likeness (QED) is 0.752. The minimum atomic E-state index is 0.424. The molecule has 1 aromatic rings. The Morgan fingerprint density at radius 1 is 1.77 bits per heavy atom. The van der Waals surface area contributed by atoms with E-state index < -0.39 is 0 Å². The third kappa shape index (κ3) is 2.84. The average molecular weight is 236 g/mol. The summed E-state index contributed by atoms with van der Waals surface area (Å²) >= 11 is 9.04. The molecule has 2 heterocycles. The third-order valence-electron chi connectivity index (χ3n) is 1.87. The Morgan fingerprint density at radius 3 is 3.31 bits per heavy atom. The molecule has 0 spiro atoms. The molecule has 72 valence electrons. The molecule has 0 amide bonds. The van der Waals surface area contributed by atoms with E-state index in [1.165, 1.54) is 12.8 Å². The summed E-state index contributed by atoms with van der Waals surface area (Å²) in [6.45, 7) is 0.920. The van der Waals surface area contributed by atoms with Crippen LogP contribution in [0.5, 0.6) is 0 Å². The van der Waals surface area contributed by atoms with Crippen LogP contribution in [0.2, 0.25) is 5.15 Å². The van der Waals surface area contributed by atoms with Crippen LogP contribution in [0.3, 0.4) is 0 Å². The predicted octanol–water partition coefficient (Wildman–Crippen LogP) is 3.07. The Balaban J connectivity index is 1.78. The van der Waals surface area contributed by atoms with Crippen molar-refractivity contribution in [1.82, 2.24) is 4.98 Å². The summed E-state index contributed by atoms with van der Waals surface area (Å²) in [5.74, 6) is 1.00. The first-order valence-corrected chi connectivity index (χ1v) is 6.44. The van der Waals surface area contributed by atoms with Gasteiger partial charge in [-0.25, -0.2) is 4.98 Å². The van der Waals surface area contributed by atoms with Gasteiger partial charge >= 0.3 is 0 Å². The Kier molecular flexibility index (Phi) is 3.49. The zero-order valence-electron chi connectivity index (χ0n) is 7.03. The van der Waals surface area contributed by atoms with Crippen molar-refractivity contribution in [3.8, 4) is 0 Å². The SMILES string of the molecule is Clc1csc(SCC2CCCO2)n1. The van der Waals surface area contributed by atoms with Crippen LogP contribution in [0.4, 0.5) is 0 Å². The number of hydrogen-bond donors (Lipinski definition) is 0. The van der Waals surface area contributed by atoms with E-state index in [-0.39, 0.29) is 0 Å². The molecule has 13 heavy (non-hydrogen) atoms. The molecule has 1 fully saturated rings. The van der Waals surface area contributed by atoms with Crippen molar-refractivity contribution in [3.05, 3.63) is 10.5 Å². The summed E-state index contributed by atoms with van der Waals surface area (Å²) in [6.07, 6.45) is 2.81. The molecule has 2 nitrogen and oxygen atoms in total. The lowest BCUT2D eigenvalue weighted by Gasteiger charge is -2.05. The highest BCUT2D eigenvalue weighted by atomic mass is 35.5. The number of halogens is 1. The lowest BCUT2D eigenvalue weighted by molar-refractivity contribution is 0.129. The van der Waals surface area contributed by atoms with Crippen molar-refractivity contribution in [3.63, 3.8) is 0 Å². The number of ether oxygens (including phenoxy) is 1. The summed E-state index contributed by atoms with van der Waals surface area (Å²) in [5.41, 5.74) is 0. The molecule has 1 aliphatic rings. The van der Waals surface area contributed by atoms with E-state index >= 15 is 0 Å². The summed E-state index contributed by atoms with van der Waals surface area (Å²) in [4.78, 5) is 4.16. The molecular formula is C8H10ClNOS2. The molecule has 0 bridgehead atoms. The molecule has 1 atom stereocenters.